The number of hydrogen-bond acceptors (Lipinski definition) is 3. The van der Waals surface area contributed by atoms with Crippen molar-refractivity contribution < 1.29 is 13.9 Å². The Balaban J connectivity index is 2.51. The summed E-state index contributed by atoms with van der Waals surface area (Å²) in [5.74, 6) is 0. The third-order valence-corrected chi connectivity index (χ3v) is 2.19. The maximum atomic E-state index is 5.37. The van der Waals surface area contributed by atoms with Crippen molar-refractivity contribution in [2.75, 3.05) is 14.2 Å². The molecule has 2 rings (SSSR count). The van der Waals surface area contributed by atoms with Gasteiger partial charge in [0, 0.05) is 19.6 Å². The van der Waals surface area contributed by atoms with Crippen molar-refractivity contribution in [3.05, 3.63) is 36.1 Å². The first-order valence-corrected chi connectivity index (χ1v) is 4.38. The highest BCUT2D eigenvalue weighted by molar-refractivity contribution is 5.81. The Morgan fingerprint density at radius 1 is 1.14 bits per heavy atom. The van der Waals surface area contributed by atoms with Crippen LogP contribution in [-0.2, 0) is 9.47 Å². The summed E-state index contributed by atoms with van der Waals surface area (Å²) in [5, 5.41) is 1.03. The third-order valence-electron chi connectivity index (χ3n) is 2.19. The maximum Gasteiger partial charge on any atom is 0.186 e. The van der Waals surface area contributed by atoms with Gasteiger partial charge in [-0.15, -0.1) is 0 Å². The second kappa shape index (κ2) is 3.82. The van der Waals surface area contributed by atoms with Crippen LogP contribution in [0.3, 0.4) is 0 Å². The van der Waals surface area contributed by atoms with Crippen LogP contribution in [-0.4, -0.2) is 14.2 Å². The van der Waals surface area contributed by atoms with Gasteiger partial charge in [0.15, 0.2) is 6.29 Å². The number of para-hydroxylation sites is 1. The van der Waals surface area contributed by atoms with Gasteiger partial charge in [-0.25, -0.2) is 0 Å². The van der Waals surface area contributed by atoms with Gasteiger partial charge in [0.1, 0.15) is 11.8 Å². The molecule has 1 aromatic heterocycles. The van der Waals surface area contributed by atoms with E-state index < -0.39 is 0 Å². The second-order valence-corrected chi connectivity index (χ2v) is 2.99. The van der Waals surface area contributed by atoms with Gasteiger partial charge >= 0.3 is 0 Å². The Labute approximate surface area is 82.2 Å². The largest absolute Gasteiger partial charge is 0.464 e. The summed E-state index contributed by atoms with van der Waals surface area (Å²) in [7, 11) is 3.21. The second-order valence-electron chi connectivity index (χ2n) is 2.99. The first-order valence-electron chi connectivity index (χ1n) is 4.38. The fourth-order valence-electron chi connectivity index (χ4n) is 1.53. The van der Waals surface area contributed by atoms with E-state index in [1.165, 1.54) is 0 Å². The maximum absolute atomic E-state index is 5.37. The number of rotatable bonds is 3. The lowest BCUT2D eigenvalue weighted by Gasteiger charge is -2.10. The molecule has 2 aromatic rings. The highest BCUT2D eigenvalue weighted by atomic mass is 16.7. The number of fused-ring (bicyclic) bond motifs is 1. The number of benzene rings is 1. The minimum absolute atomic E-state index is 0.362. The van der Waals surface area contributed by atoms with E-state index in [0.717, 1.165) is 16.5 Å². The van der Waals surface area contributed by atoms with Crippen molar-refractivity contribution in [2.45, 2.75) is 6.29 Å². The summed E-state index contributed by atoms with van der Waals surface area (Å²) in [6.45, 7) is 0. The minimum Gasteiger partial charge on any atom is -0.464 e. The molecule has 0 aliphatic carbocycles. The summed E-state index contributed by atoms with van der Waals surface area (Å²) in [5.41, 5.74) is 1.77. The molecular weight excluding hydrogens is 180 g/mol. The van der Waals surface area contributed by atoms with Crippen LogP contribution in [0.25, 0.3) is 11.0 Å². The molecule has 0 aliphatic rings. The van der Waals surface area contributed by atoms with E-state index in [0.29, 0.717) is 0 Å². The van der Waals surface area contributed by atoms with E-state index >= 15 is 0 Å². The fourth-order valence-corrected chi connectivity index (χ4v) is 1.53. The molecule has 0 bridgehead atoms. The third kappa shape index (κ3) is 1.41. The Morgan fingerprint density at radius 3 is 2.57 bits per heavy atom. The van der Waals surface area contributed by atoms with E-state index in [-0.39, 0.29) is 6.29 Å². The van der Waals surface area contributed by atoms with Gasteiger partial charge in [-0.1, -0.05) is 18.2 Å². The van der Waals surface area contributed by atoms with E-state index in [1.54, 1.807) is 20.5 Å². The Hall–Kier alpha value is -1.32. The van der Waals surface area contributed by atoms with Gasteiger partial charge in [-0.3, -0.25) is 0 Å². The Morgan fingerprint density at radius 2 is 1.86 bits per heavy atom. The van der Waals surface area contributed by atoms with Gasteiger partial charge in [-0.2, -0.15) is 0 Å². The summed E-state index contributed by atoms with van der Waals surface area (Å²) < 4.78 is 15.7. The van der Waals surface area contributed by atoms with Crippen LogP contribution in [0.1, 0.15) is 11.9 Å². The summed E-state index contributed by atoms with van der Waals surface area (Å²) in [6, 6.07) is 7.80. The molecule has 0 saturated heterocycles. The molecule has 74 valence electrons. The first-order chi connectivity index (χ1) is 6.86. The van der Waals surface area contributed by atoms with Crippen LogP contribution < -0.4 is 0 Å². The normalized spacial score (nSPS) is 11.4. The molecule has 0 fully saturated rings. The molecule has 0 unspecified atom stereocenters. The molecule has 0 amide bonds. The molecular formula is C11H12O3. The SMILES string of the molecule is COC(OC)c1coc2ccccc12. The van der Waals surface area contributed by atoms with E-state index in [1.807, 2.05) is 24.3 Å². The lowest BCUT2D eigenvalue weighted by Crippen LogP contribution is -2.02. The quantitative estimate of drug-likeness (QED) is 0.701. The van der Waals surface area contributed by atoms with Crippen LogP contribution in [0.2, 0.25) is 0 Å². The van der Waals surface area contributed by atoms with Crippen molar-refractivity contribution in [1.29, 1.82) is 0 Å². The van der Waals surface area contributed by atoms with Crippen molar-refractivity contribution >= 4 is 11.0 Å². The van der Waals surface area contributed by atoms with Crippen LogP contribution in [0.5, 0.6) is 0 Å². The zero-order valence-corrected chi connectivity index (χ0v) is 8.19. The van der Waals surface area contributed by atoms with Crippen molar-refractivity contribution in [2.24, 2.45) is 0 Å². The molecule has 0 N–H and O–H groups in total. The van der Waals surface area contributed by atoms with E-state index in [9.17, 15) is 0 Å². The van der Waals surface area contributed by atoms with E-state index in [2.05, 4.69) is 0 Å². The monoisotopic (exact) mass is 192 g/mol. The first kappa shape index (κ1) is 9.24. The molecule has 0 spiro atoms. The van der Waals surface area contributed by atoms with Crippen molar-refractivity contribution in [3.63, 3.8) is 0 Å². The smallest absolute Gasteiger partial charge is 0.186 e. The molecule has 1 aromatic carbocycles. The summed E-state index contributed by atoms with van der Waals surface area (Å²) in [6.07, 6.45) is 1.31. The average Bonchev–Trinajstić information content (AvgIpc) is 2.65. The van der Waals surface area contributed by atoms with Gasteiger partial charge in [0.05, 0.1) is 5.56 Å². The molecule has 3 nitrogen and oxygen atoms in total. The molecule has 0 radical (unpaired) electrons. The molecule has 0 aliphatic heterocycles. The molecule has 0 saturated carbocycles. The van der Waals surface area contributed by atoms with Gasteiger partial charge < -0.3 is 13.9 Å². The number of hydrogen-bond donors (Lipinski definition) is 0. The number of furan rings is 1. The van der Waals surface area contributed by atoms with Crippen LogP contribution in [0, 0.1) is 0 Å². The van der Waals surface area contributed by atoms with Crippen LogP contribution >= 0.6 is 0 Å². The highest BCUT2D eigenvalue weighted by Gasteiger charge is 2.14. The standard InChI is InChI=1S/C11H12O3/c1-12-11(13-2)9-7-14-10-6-4-3-5-8(9)10/h3-7,11H,1-2H3. The molecule has 3 heteroatoms. The summed E-state index contributed by atoms with van der Waals surface area (Å²) >= 11 is 0. The van der Waals surface area contributed by atoms with Gasteiger partial charge in [0.25, 0.3) is 0 Å². The number of ether oxygens (including phenoxy) is 2. The Bertz CT molecular complexity index is 415. The fraction of sp³-hybridized carbons (Fsp3) is 0.273. The topological polar surface area (TPSA) is 31.6 Å². The van der Waals surface area contributed by atoms with Crippen molar-refractivity contribution in [3.8, 4) is 0 Å². The van der Waals surface area contributed by atoms with Gasteiger partial charge in [0.2, 0.25) is 0 Å². The molecule has 1 heterocycles. The van der Waals surface area contributed by atoms with Crippen LogP contribution in [0.15, 0.2) is 34.9 Å². The lowest BCUT2D eigenvalue weighted by molar-refractivity contribution is -0.105. The Kier molecular flexibility index (Phi) is 2.52. The highest BCUT2D eigenvalue weighted by Crippen LogP contribution is 2.28. The molecule has 14 heavy (non-hydrogen) atoms. The van der Waals surface area contributed by atoms with Crippen molar-refractivity contribution in [1.82, 2.24) is 0 Å². The van der Waals surface area contributed by atoms with Crippen LogP contribution in [0.4, 0.5) is 0 Å². The van der Waals surface area contributed by atoms with E-state index in [4.69, 9.17) is 13.9 Å². The zero-order chi connectivity index (χ0) is 9.97. The zero-order valence-electron chi connectivity index (χ0n) is 8.19. The number of methoxy groups -OCH3 is 2. The molecule has 0 atom stereocenters. The predicted molar refractivity (Wildman–Crippen MR) is 53.0 cm³/mol. The summed E-state index contributed by atoms with van der Waals surface area (Å²) in [4.78, 5) is 0. The van der Waals surface area contributed by atoms with Gasteiger partial charge in [-0.05, 0) is 6.07 Å². The predicted octanol–water partition coefficient (Wildman–Crippen LogP) is 2.72. The lowest BCUT2D eigenvalue weighted by atomic mass is 10.2. The minimum atomic E-state index is -0.362. The average molecular weight is 192 g/mol.